The van der Waals surface area contributed by atoms with E-state index in [1.165, 1.54) is 12.0 Å². The third-order valence-electron chi connectivity index (χ3n) is 3.32. The molecule has 1 N–H and O–H groups in total. The van der Waals surface area contributed by atoms with Gasteiger partial charge in [-0.15, -0.1) is 0 Å². The van der Waals surface area contributed by atoms with E-state index in [0.29, 0.717) is 5.41 Å². The van der Waals surface area contributed by atoms with Crippen LogP contribution in [-0.2, 0) is 6.42 Å². The molecule has 0 unspecified atom stereocenters. The van der Waals surface area contributed by atoms with E-state index < -0.39 is 0 Å². The van der Waals surface area contributed by atoms with Gasteiger partial charge in [0, 0.05) is 12.1 Å². The molecule has 0 spiro atoms. The van der Waals surface area contributed by atoms with Gasteiger partial charge in [-0.3, -0.25) is 0 Å². The van der Waals surface area contributed by atoms with E-state index in [4.69, 9.17) is 4.74 Å². The van der Waals surface area contributed by atoms with Crippen LogP contribution in [0.15, 0.2) is 24.3 Å². The fraction of sp³-hybridized carbons (Fsp3) is 0.684. The lowest BCUT2D eigenvalue weighted by atomic mass is 9.89. The maximum Gasteiger partial charge on any atom is 0.120 e. The fourth-order valence-electron chi connectivity index (χ4n) is 2.02. The minimum Gasteiger partial charge on any atom is -0.489 e. The molecule has 1 rings (SSSR count). The summed E-state index contributed by atoms with van der Waals surface area (Å²) in [5, 5.41) is 3.48. The SMILES string of the molecule is C[C@H](CNC(C)(C)C)Oc1cccc(CCC(C)(C)C)c1. The molecule has 0 bridgehead atoms. The average molecular weight is 291 g/mol. The molecule has 120 valence electrons. The summed E-state index contributed by atoms with van der Waals surface area (Å²) in [6.45, 7) is 16.3. The minimum atomic E-state index is 0.131. The lowest BCUT2D eigenvalue weighted by Gasteiger charge is -2.24. The molecular weight excluding hydrogens is 258 g/mol. The molecule has 1 aromatic rings. The molecular formula is C19H33NO. The molecule has 0 aliphatic rings. The van der Waals surface area contributed by atoms with Gasteiger partial charge in [0.2, 0.25) is 0 Å². The standard InChI is InChI=1S/C19H33NO/c1-15(14-20-19(5,6)7)21-17-10-8-9-16(13-17)11-12-18(2,3)4/h8-10,13,15,20H,11-12,14H2,1-7H3/t15-/m1/s1. The Bertz CT molecular complexity index is 426. The number of benzene rings is 1. The minimum absolute atomic E-state index is 0.131. The van der Waals surface area contributed by atoms with Crippen LogP contribution < -0.4 is 10.1 Å². The topological polar surface area (TPSA) is 21.3 Å². The number of hydrogen-bond donors (Lipinski definition) is 1. The van der Waals surface area contributed by atoms with Crippen molar-refractivity contribution in [3.63, 3.8) is 0 Å². The first kappa shape index (κ1) is 18.0. The second-order valence-corrected chi connectivity index (χ2v) is 8.27. The third kappa shape index (κ3) is 8.77. The lowest BCUT2D eigenvalue weighted by Crippen LogP contribution is -2.41. The number of aryl methyl sites for hydroxylation is 1. The zero-order valence-corrected chi connectivity index (χ0v) is 14.9. The van der Waals surface area contributed by atoms with Crippen molar-refractivity contribution in [1.29, 1.82) is 0 Å². The Morgan fingerprint density at radius 3 is 2.33 bits per heavy atom. The van der Waals surface area contributed by atoms with Crippen LogP contribution in [0, 0.1) is 5.41 Å². The highest BCUT2D eigenvalue weighted by atomic mass is 16.5. The summed E-state index contributed by atoms with van der Waals surface area (Å²) in [5.74, 6) is 0.976. The number of rotatable bonds is 6. The van der Waals surface area contributed by atoms with Crippen molar-refractivity contribution in [2.24, 2.45) is 5.41 Å². The summed E-state index contributed by atoms with van der Waals surface area (Å²) < 4.78 is 6.02. The quantitative estimate of drug-likeness (QED) is 0.811. The monoisotopic (exact) mass is 291 g/mol. The zero-order chi connectivity index (χ0) is 16.1. The molecule has 0 fully saturated rings. The number of nitrogens with one attached hydrogen (secondary N) is 1. The first-order valence-corrected chi connectivity index (χ1v) is 8.06. The van der Waals surface area contributed by atoms with Crippen LogP contribution in [0.3, 0.4) is 0 Å². The number of hydrogen-bond acceptors (Lipinski definition) is 2. The van der Waals surface area contributed by atoms with E-state index in [9.17, 15) is 0 Å². The summed E-state index contributed by atoms with van der Waals surface area (Å²) in [5.41, 5.74) is 1.87. The highest BCUT2D eigenvalue weighted by Gasteiger charge is 2.13. The average Bonchev–Trinajstić information content (AvgIpc) is 2.33. The molecule has 2 nitrogen and oxygen atoms in total. The van der Waals surface area contributed by atoms with Crippen molar-refractivity contribution in [2.45, 2.75) is 73.0 Å². The Kier molecular flexibility index (Phi) is 6.27. The van der Waals surface area contributed by atoms with Crippen LogP contribution in [-0.4, -0.2) is 18.2 Å². The Hall–Kier alpha value is -1.02. The summed E-state index contributed by atoms with van der Waals surface area (Å²) in [4.78, 5) is 0. The van der Waals surface area contributed by atoms with E-state index in [0.717, 1.165) is 18.7 Å². The second kappa shape index (κ2) is 7.31. The second-order valence-electron chi connectivity index (χ2n) is 8.27. The van der Waals surface area contributed by atoms with E-state index in [-0.39, 0.29) is 11.6 Å². The number of ether oxygens (including phenoxy) is 1. The Labute approximate surface area is 131 Å². The molecule has 2 heteroatoms. The lowest BCUT2D eigenvalue weighted by molar-refractivity contribution is 0.203. The van der Waals surface area contributed by atoms with Gasteiger partial charge in [0.25, 0.3) is 0 Å². The van der Waals surface area contributed by atoms with Crippen LogP contribution in [0.25, 0.3) is 0 Å². The highest BCUT2D eigenvalue weighted by molar-refractivity contribution is 5.28. The van der Waals surface area contributed by atoms with Crippen LogP contribution in [0.1, 0.15) is 60.5 Å². The first-order valence-electron chi connectivity index (χ1n) is 8.06. The van der Waals surface area contributed by atoms with Crippen LogP contribution in [0.2, 0.25) is 0 Å². The van der Waals surface area contributed by atoms with E-state index >= 15 is 0 Å². The maximum absolute atomic E-state index is 6.02. The van der Waals surface area contributed by atoms with Gasteiger partial charge in [0.05, 0.1) is 0 Å². The normalized spacial score (nSPS) is 14.0. The van der Waals surface area contributed by atoms with Crippen LogP contribution in [0.5, 0.6) is 5.75 Å². The van der Waals surface area contributed by atoms with Gasteiger partial charge < -0.3 is 10.1 Å². The smallest absolute Gasteiger partial charge is 0.120 e. The molecule has 0 heterocycles. The zero-order valence-electron chi connectivity index (χ0n) is 14.9. The van der Waals surface area contributed by atoms with Gasteiger partial charge >= 0.3 is 0 Å². The summed E-state index contributed by atoms with van der Waals surface area (Å²) in [6, 6.07) is 8.52. The van der Waals surface area contributed by atoms with Gasteiger partial charge in [-0.2, -0.15) is 0 Å². The van der Waals surface area contributed by atoms with Crippen molar-refractivity contribution < 1.29 is 4.74 Å². The van der Waals surface area contributed by atoms with Gasteiger partial charge in [-0.1, -0.05) is 32.9 Å². The Morgan fingerprint density at radius 1 is 1.10 bits per heavy atom. The van der Waals surface area contributed by atoms with Crippen molar-refractivity contribution in [3.8, 4) is 5.75 Å². The van der Waals surface area contributed by atoms with Gasteiger partial charge in [0.15, 0.2) is 0 Å². The van der Waals surface area contributed by atoms with E-state index in [1.54, 1.807) is 0 Å². The van der Waals surface area contributed by atoms with Crippen molar-refractivity contribution in [2.75, 3.05) is 6.54 Å². The fourth-order valence-corrected chi connectivity index (χ4v) is 2.02. The molecule has 21 heavy (non-hydrogen) atoms. The van der Waals surface area contributed by atoms with Gasteiger partial charge in [-0.05, 0) is 63.6 Å². The summed E-state index contributed by atoms with van der Waals surface area (Å²) in [7, 11) is 0. The van der Waals surface area contributed by atoms with Crippen molar-refractivity contribution in [1.82, 2.24) is 5.32 Å². The van der Waals surface area contributed by atoms with Gasteiger partial charge in [0.1, 0.15) is 11.9 Å². The molecule has 0 radical (unpaired) electrons. The molecule has 0 aliphatic heterocycles. The predicted molar refractivity (Wildman–Crippen MR) is 92.1 cm³/mol. The molecule has 1 aromatic carbocycles. The molecule has 0 saturated carbocycles. The van der Waals surface area contributed by atoms with Crippen LogP contribution in [0.4, 0.5) is 0 Å². The summed E-state index contributed by atoms with van der Waals surface area (Å²) in [6.07, 6.45) is 2.47. The Balaban J connectivity index is 2.52. The molecule has 1 atom stereocenters. The van der Waals surface area contributed by atoms with Gasteiger partial charge in [-0.25, -0.2) is 0 Å². The molecule has 0 amide bonds. The van der Waals surface area contributed by atoms with E-state index in [2.05, 4.69) is 72.0 Å². The summed E-state index contributed by atoms with van der Waals surface area (Å²) >= 11 is 0. The highest BCUT2D eigenvalue weighted by Crippen LogP contribution is 2.23. The van der Waals surface area contributed by atoms with Crippen LogP contribution >= 0.6 is 0 Å². The maximum atomic E-state index is 6.02. The largest absolute Gasteiger partial charge is 0.489 e. The Morgan fingerprint density at radius 2 is 1.76 bits per heavy atom. The van der Waals surface area contributed by atoms with Crippen molar-refractivity contribution in [3.05, 3.63) is 29.8 Å². The third-order valence-corrected chi connectivity index (χ3v) is 3.32. The molecule has 0 aliphatic carbocycles. The molecule has 0 aromatic heterocycles. The van der Waals surface area contributed by atoms with E-state index in [1.807, 2.05) is 6.07 Å². The predicted octanol–water partition coefficient (Wildman–Crippen LogP) is 4.82. The van der Waals surface area contributed by atoms with Crippen molar-refractivity contribution >= 4 is 0 Å². The molecule has 0 saturated heterocycles. The first-order chi connectivity index (χ1) is 9.55.